The number of anilines is 2. The molecule has 5 rings (SSSR count). The van der Waals surface area contributed by atoms with E-state index in [2.05, 4.69) is 31.5 Å². The summed E-state index contributed by atoms with van der Waals surface area (Å²) in [4.78, 5) is 29.1. The molecule has 3 aliphatic heterocycles. The Morgan fingerprint density at radius 2 is 2.07 bits per heavy atom. The van der Waals surface area contributed by atoms with Crippen molar-refractivity contribution in [2.24, 2.45) is 5.92 Å². The second-order valence-corrected chi connectivity index (χ2v) is 8.82. The lowest BCUT2D eigenvalue weighted by Crippen LogP contribution is -2.53. The first-order valence-electron chi connectivity index (χ1n) is 9.87. The SMILES string of the molecule is COc1ccc(NC(=O)[C@@H]2C[C@H]3CCCN3[C@@]23C(=O)Nc2ccc(Br)cc23)cc1. The molecular formula is C22H22BrN3O3. The third-order valence-electron chi connectivity index (χ3n) is 6.50. The summed E-state index contributed by atoms with van der Waals surface area (Å²) in [5.41, 5.74) is 1.45. The summed E-state index contributed by atoms with van der Waals surface area (Å²) in [5.74, 6) is 0.0674. The number of hydrogen-bond acceptors (Lipinski definition) is 4. The monoisotopic (exact) mass is 455 g/mol. The predicted molar refractivity (Wildman–Crippen MR) is 114 cm³/mol. The van der Waals surface area contributed by atoms with Gasteiger partial charge in [-0.2, -0.15) is 0 Å². The number of amides is 2. The van der Waals surface area contributed by atoms with Gasteiger partial charge in [0.2, 0.25) is 11.8 Å². The fourth-order valence-corrected chi connectivity index (χ4v) is 5.66. The molecule has 3 atom stereocenters. The minimum absolute atomic E-state index is 0.0927. The molecule has 0 bridgehead atoms. The number of methoxy groups -OCH3 is 1. The Morgan fingerprint density at radius 1 is 1.28 bits per heavy atom. The minimum atomic E-state index is -0.948. The molecule has 0 saturated carbocycles. The summed E-state index contributed by atoms with van der Waals surface area (Å²) >= 11 is 3.54. The van der Waals surface area contributed by atoms with Crippen LogP contribution < -0.4 is 15.4 Å². The van der Waals surface area contributed by atoms with Crippen LogP contribution in [-0.2, 0) is 15.1 Å². The smallest absolute Gasteiger partial charge is 0.250 e. The number of rotatable bonds is 3. The van der Waals surface area contributed by atoms with Gasteiger partial charge in [-0.15, -0.1) is 0 Å². The standard InChI is InChI=1S/C22H22BrN3O3/c1-29-16-7-5-14(6-8-16)24-20(27)18-12-15-3-2-10-26(15)22(18)17-11-13(23)4-9-19(17)25-21(22)28/h4-9,11,15,18H,2-3,10,12H2,1H3,(H,24,27)(H,25,28)/t15-,18+,22-/m1/s1. The molecule has 2 saturated heterocycles. The van der Waals surface area contributed by atoms with Gasteiger partial charge in [0.05, 0.1) is 13.0 Å². The Labute approximate surface area is 177 Å². The zero-order valence-corrected chi connectivity index (χ0v) is 17.7. The number of benzene rings is 2. The average Bonchev–Trinajstić information content (AvgIpc) is 3.37. The normalized spacial score (nSPS) is 27.6. The van der Waals surface area contributed by atoms with Crippen LogP contribution in [0.25, 0.3) is 0 Å². The Balaban J connectivity index is 1.55. The van der Waals surface area contributed by atoms with Crippen molar-refractivity contribution in [2.45, 2.75) is 30.8 Å². The van der Waals surface area contributed by atoms with Crippen molar-refractivity contribution in [1.82, 2.24) is 4.90 Å². The van der Waals surface area contributed by atoms with Crippen LogP contribution in [-0.4, -0.2) is 36.4 Å². The topological polar surface area (TPSA) is 70.7 Å². The molecule has 1 spiro atoms. The van der Waals surface area contributed by atoms with Gasteiger partial charge < -0.3 is 15.4 Å². The van der Waals surface area contributed by atoms with Crippen molar-refractivity contribution in [3.05, 3.63) is 52.5 Å². The zero-order chi connectivity index (χ0) is 20.2. The van der Waals surface area contributed by atoms with Crippen LogP contribution in [0.5, 0.6) is 5.75 Å². The molecule has 3 heterocycles. The van der Waals surface area contributed by atoms with Crippen molar-refractivity contribution < 1.29 is 14.3 Å². The van der Waals surface area contributed by atoms with Gasteiger partial charge in [-0.05, 0) is 68.3 Å². The Kier molecular flexibility index (Phi) is 4.40. The van der Waals surface area contributed by atoms with E-state index in [0.717, 1.165) is 40.9 Å². The van der Waals surface area contributed by atoms with Gasteiger partial charge in [-0.3, -0.25) is 14.5 Å². The molecule has 29 heavy (non-hydrogen) atoms. The van der Waals surface area contributed by atoms with Gasteiger partial charge >= 0.3 is 0 Å². The van der Waals surface area contributed by atoms with E-state index in [-0.39, 0.29) is 17.9 Å². The molecule has 0 radical (unpaired) electrons. The van der Waals surface area contributed by atoms with E-state index in [1.165, 1.54) is 0 Å². The zero-order valence-electron chi connectivity index (χ0n) is 16.1. The summed E-state index contributed by atoms with van der Waals surface area (Å²) in [7, 11) is 1.61. The van der Waals surface area contributed by atoms with Gasteiger partial charge in [0.15, 0.2) is 0 Å². The van der Waals surface area contributed by atoms with Crippen LogP contribution in [0.2, 0.25) is 0 Å². The van der Waals surface area contributed by atoms with Crippen molar-refractivity contribution in [3.63, 3.8) is 0 Å². The lowest BCUT2D eigenvalue weighted by Gasteiger charge is -2.36. The summed E-state index contributed by atoms with van der Waals surface area (Å²) < 4.78 is 6.09. The van der Waals surface area contributed by atoms with Gasteiger partial charge in [0.1, 0.15) is 11.3 Å². The van der Waals surface area contributed by atoms with Crippen LogP contribution in [0, 0.1) is 5.92 Å². The van der Waals surface area contributed by atoms with E-state index in [4.69, 9.17) is 4.74 Å². The molecular weight excluding hydrogens is 434 g/mol. The van der Waals surface area contributed by atoms with Gasteiger partial charge in [0.25, 0.3) is 0 Å². The number of ether oxygens (including phenoxy) is 1. The maximum absolute atomic E-state index is 13.4. The summed E-state index contributed by atoms with van der Waals surface area (Å²) in [6.07, 6.45) is 2.75. The third kappa shape index (κ3) is 2.71. The second kappa shape index (κ2) is 6.85. The van der Waals surface area contributed by atoms with Crippen LogP contribution in [0.1, 0.15) is 24.8 Å². The molecule has 2 amide bonds. The Bertz CT molecular complexity index is 993. The van der Waals surface area contributed by atoms with E-state index in [1.807, 2.05) is 42.5 Å². The first-order chi connectivity index (χ1) is 14.0. The number of carbonyl (C=O) groups is 2. The fraction of sp³-hybridized carbons (Fsp3) is 0.364. The Hall–Kier alpha value is -2.38. The van der Waals surface area contributed by atoms with E-state index in [0.29, 0.717) is 12.1 Å². The largest absolute Gasteiger partial charge is 0.497 e. The molecule has 6 nitrogen and oxygen atoms in total. The highest BCUT2D eigenvalue weighted by atomic mass is 79.9. The number of halogens is 1. The molecule has 2 aromatic carbocycles. The van der Waals surface area contributed by atoms with Gasteiger partial charge in [-0.25, -0.2) is 0 Å². The van der Waals surface area contributed by atoms with Crippen molar-refractivity contribution >= 4 is 39.1 Å². The first-order valence-corrected chi connectivity index (χ1v) is 10.7. The summed E-state index contributed by atoms with van der Waals surface area (Å²) in [6, 6.07) is 13.3. The number of hydrogen-bond donors (Lipinski definition) is 2. The highest BCUT2D eigenvalue weighted by Crippen LogP contribution is 2.55. The Morgan fingerprint density at radius 3 is 2.83 bits per heavy atom. The van der Waals surface area contributed by atoms with Gasteiger partial charge in [0, 0.05) is 27.5 Å². The lowest BCUT2D eigenvalue weighted by molar-refractivity contribution is -0.135. The van der Waals surface area contributed by atoms with E-state index < -0.39 is 11.5 Å². The summed E-state index contributed by atoms with van der Waals surface area (Å²) in [5, 5.41) is 6.06. The van der Waals surface area contributed by atoms with Crippen molar-refractivity contribution in [2.75, 3.05) is 24.3 Å². The van der Waals surface area contributed by atoms with Crippen LogP contribution in [0.4, 0.5) is 11.4 Å². The molecule has 3 aliphatic rings. The number of carbonyl (C=O) groups excluding carboxylic acids is 2. The molecule has 0 aromatic heterocycles. The molecule has 2 N–H and O–H groups in total. The summed E-state index contributed by atoms with van der Waals surface area (Å²) in [6.45, 7) is 0.830. The van der Waals surface area contributed by atoms with Crippen LogP contribution >= 0.6 is 15.9 Å². The van der Waals surface area contributed by atoms with E-state index in [9.17, 15) is 9.59 Å². The molecule has 0 aliphatic carbocycles. The highest BCUT2D eigenvalue weighted by Gasteiger charge is 2.65. The fourth-order valence-electron chi connectivity index (χ4n) is 5.30. The third-order valence-corrected chi connectivity index (χ3v) is 7.00. The second-order valence-electron chi connectivity index (χ2n) is 7.91. The number of nitrogens with zero attached hydrogens (tertiary/aromatic N) is 1. The molecule has 2 fully saturated rings. The van der Waals surface area contributed by atoms with Crippen LogP contribution in [0.15, 0.2) is 46.9 Å². The predicted octanol–water partition coefficient (Wildman–Crippen LogP) is 3.73. The highest BCUT2D eigenvalue weighted by molar-refractivity contribution is 9.10. The maximum atomic E-state index is 13.4. The van der Waals surface area contributed by atoms with Crippen molar-refractivity contribution in [1.29, 1.82) is 0 Å². The molecule has 0 unspecified atom stereocenters. The first kappa shape index (κ1) is 18.6. The average molecular weight is 456 g/mol. The van der Waals surface area contributed by atoms with Crippen LogP contribution in [0.3, 0.4) is 0 Å². The minimum Gasteiger partial charge on any atom is -0.497 e. The van der Waals surface area contributed by atoms with Gasteiger partial charge in [-0.1, -0.05) is 15.9 Å². The van der Waals surface area contributed by atoms with E-state index >= 15 is 0 Å². The lowest BCUT2D eigenvalue weighted by atomic mass is 9.78. The molecule has 150 valence electrons. The maximum Gasteiger partial charge on any atom is 0.250 e. The number of fused-ring (bicyclic) bond motifs is 4. The van der Waals surface area contributed by atoms with Crippen molar-refractivity contribution in [3.8, 4) is 5.75 Å². The number of nitrogens with one attached hydrogen (secondary N) is 2. The molecule has 2 aromatic rings. The quantitative estimate of drug-likeness (QED) is 0.739. The van der Waals surface area contributed by atoms with E-state index in [1.54, 1.807) is 7.11 Å². The molecule has 7 heteroatoms.